The molecule has 3 rings (SSSR count). The van der Waals surface area contributed by atoms with Gasteiger partial charge in [-0.15, -0.1) is 0 Å². The smallest absolute Gasteiger partial charge is 0.290 e. The molecule has 0 unspecified atom stereocenters. The molecule has 0 spiro atoms. The minimum absolute atomic E-state index is 0.0326. The minimum Gasteiger partial charge on any atom is -0.491 e. The molecule has 33 heavy (non-hydrogen) atoms. The number of hydrogen-bond donors (Lipinski definition) is 3. The number of primary amides is 1. The number of amidine groups is 1. The van der Waals surface area contributed by atoms with Gasteiger partial charge in [-0.25, -0.2) is 4.98 Å². The largest absolute Gasteiger partial charge is 0.491 e. The van der Waals surface area contributed by atoms with Crippen LogP contribution in [0.3, 0.4) is 0 Å². The van der Waals surface area contributed by atoms with E-state index in [9.17, 15) is 9.59 Å². The van der Waals surface area contributed by atoms with Gasteiger partial charge >= 0.3 is 0 Å². The van der Waals surface area contributed by atoms with Gasteiger partial charge in [0.2, 0.25) is 0 Å². The number of rotatable bonds is 8. The average Bonchev–Trinajstić information content (AvgIpc) is 3.24. The van der Waals surface area contributed by atoms with E-state index < -0.39 is 11.8 Å². The summed E-state index contributed by atoms with van der Waals surface area (Å²) in [4.78, 5) is 31.7. The van der Waals surface area contributed by atoms with Crippen LogP contribution in [0.5, 0.6) is 17.2 Å². The number of aromatic nitrogens is 3. The fourth-order valence-corrected chi connectivity index (χ4v) is 2.64. The molecule has 0 atom stereocenters. The Labute approximate surface area is 189 Å². The molecule has 0 aliphatic heterocycles. The number of carbonyl (C=O) groups excluding carboxylic acids is 2. The SMILES string of the molecule is C/C=C\C(=N)NC(=O)c1cc(Oc2ccc(-c3nc(C(N)=O)no3)nc2)cc(OC(C)C)c1. The van der Waals surface area contributed by atoms with E-state index in [0.29, 0.717) is 22.9 Å². The minimum atomic E-state index is -0.811. The van der Waals surface area contributed by atoms with Crippen molar-refractivity contribution in [2.75, 3.05) is 0 Å². The van der Waals surface area contributed by atoms with Crippen LogP contribution in [-0.2, 0) is 0 Å². The maximum Gasteiger partial charge on any atom is 0.290 e. The van der Waals surface area contributed by atoms with Crippen molar-refractivity contribution in [1.82, 2.24) is 20.4 Å². The van der Waals surface area contributed by atoms with Crippen LogP contribution in [0.1, 0.15) is 41.7 Å². The van der Waals surface area contributed by atoms with Crippen LogP contribution in [0, 0.1) is 5.41 Å². The second-order valence-electron chi connectivity index (χ2n) is 7.00. The lowest BCUT2D eigenvalue weighted by atomic mass is 10.2. The summed E-state index contributed by atoms with van der Waals surface area (Å²) in [6.07, 6.45) is 4.40. The summed E-state index contributed by atoms with van der Waals surface area (Å²) < 4.78 is 16.5. The number of hydrogen-bond acceptors (Lipinski definition) is 9. The molecule has 2 heterocycles. The number of benzene rings is 1. The first-order valence-electron chi connectivity index (χ1n) is 9.87. The molecule has 0 aliphatic carbocycles. The van der Waals surface area contributed by atoms with Crippen molar-refractivity contribution in [3.8, 4) is 28.8 Å². The highest BCUT2D eigenvalue weighted by atomic mass is 16.5. The van der Waals surface area contributed by atoms with Crippen molar-refractivity contribution in [1.29, 1.82) is 5.41 Å². The maximum absolute atomic E-state index is 12.6. The van der Waals surface area contributed by atoms with Gasteiger partial charge in [0.25, 0.3) is 23.5 Å². The van der Waals surface area contributed by atoms with Gasteiger partial charge in [0, 0.05) is 11.6 Å². The van der Waals surface area contributed by atoms with Crippen LogP contribution in [0.15, 0.2) is 53.2 Å². The van der Waals surface area contributed by atoms with Crippen molar-refractivity contribution < 1.29 is 23.6 Å². The number of nitrogens with two attached hydrogens (primary N) is 1. The summed E-state index contributed by atoms with van der Waals surface area (Å²) in [5.41, 5.74) is 5.69. The van der Waals surface area contributed by atoms with E-state index in [1.54, 1.807) is 37.3 Å². The standard InChI is InChI=1S/C22H22N6O5/c1-4-5-18(23)26-21(30)13-8-15(31-12(2)3)10-16(9-13)32-14-6-7-17(25-11-14)22-27-20(19(24)29)28-33-22/h4-12H,1-3H3,(H2,24,29)(H2,23,26,30)/b5-4-. The Morgan fingerprint density at radius 3 is 2.55 bits per heavy atom. The fourth-order valence-electron chi connectivity index (χ4n) is 2.64. The first kappa shape index (κ1) is 23.1. The lowest BCUT2D eigenvalue weighted by Gasteiger charge is -2.14. The molecule has 170 valence electrons. The van der Waals surface area contributed by atoms with Crippen molar-refractivity contribution in [3.63, 3.8) is 0 Å². The Kier molecular flexibility index (Phi) is 7.13. The third-order valence-electron chi connectivity index (χ3n) is 3.93. The normalized spacial score (nSPS) is 10.9. The zero-order chi connectivity index (χ0) is 24.0. The third kappa shape index (κ3) is 6.23. The molecule has 0 saturated carbocycles. The van der Waals surface area contributed by atoms with Gasteiger partial charge in [-0.3, -0.25) is 15.0 Å². The van der Waals surface area contributed by atoms with Crippen LogP contribution >= 0.6 is 0 Å². The highest BCUT2D eigenvalue weighted by molar-refractivity contribution is 6.09. The number of allylic oxidation sites excluding steroid dienone is 1. The highest BCUT2D eigenvalue weighted by Gasteiger charge is 2.15. The van der Waals surface area contributed by atoms with Crippen molar-refractivity contribution >= 4 is 17.6 Å². The number of nitrogens with zero attached hydrogens (tertiary/aromatic N) is 3. The maximum atomic E-state index is 12.6. The predicted octanol–water partition coefficient (Wildman–Crippen LogP) is 3.09. The first-order chi connectivity index (χ1) is 15.7. The molecular formula is C22H22N6O5. The molecule has 2 amide bonds. The molecule has 0 radical (unpaired) electrons. The molecule has 2 aromatic heterocycles. The van der Waals surface area contributed by atoms with E-state index >= 15 is 0 Å². The fraction of sp³-hybridized carbons (Fsp3) is 0.182. The predicted molar refractivity (Wildman–Crippen MR) is 118 cm³/mol. The summed E-state index contributed by atoms with van der Waals surface area (Å²) in [6.45, 7) is 5.47. The van der Waals surface area contributed by atoms with E-state index in [-0.39, 0.29) is 29.2 Å². The second-order valence-corrected chi connectivity index (χ2v) is 7.00. The first-order valence-corrected chi connectivity index (χ1v) is 9.87. The lowest BCUT2D eigenvalue weighted by Crippen LogP contribution is -2.28. The third-order valence-corrected chi connectivity index (χ3v) is 3.93. The molecule has 0 saturated heterocycles. The zero-order valence-corrected chi connectivity index (χ0v) is 18.2. The topological polar surface area (TPSA) is 166 Å². The zero-order valence-electron chi connectivity index (χ0n) is 18.2. The average molecular weight is 450 g/mol. The van der Waals surface area contributed by atoms with Crippen molar-refractivity contribution in [3.05, 3.63) is 60.1 Å². The van der Waals surface area contributed by atoms with Crippen LogP contribution in [0.25, 0.3) is 11.6 Å². The Balaban J connectivity index is 1.83. The van der Waals surface area contributed by atoms with E-state index in [4.69, 9.17) is 25.1 Å². The number of nitrogens with one attached hydrogen (secondary N) is 2. The highest BCUT2D eigenvalue weighted by Crippen LogP contribution is 2.29. The Morgan fingerprint density at radius 2 is 1.94 bits per heavy atom. The quantitative estimate of drug-likeness (QED) is 0.348. The lowest BCUT2D eigenvalue weighted by molar-refractivity contribution is 0.0971. The van der Waals surface area contributed by atoms with Crippen molar-refractivity contribution in [2.45, 2.75) is 26.9 Å². The summed E-state index contributed by atoms with van der Waals surface area (Å²) in [5, 5.41) is 13.7. The number of pyridine rings is 1. The van der Waals surface area contributed by atoms with Gasteiger partial charge < -0.3 is 25.0 Å². The molecular weight excluding hydrogens is 428 g/mol. The van der Waals surface area contributed by atoms with Crippen LogP contribution < -0.4 is 20.5 Å². The van der Waals surface area contributed by atoms with Gasteiger partial charge in [0.05, 0.1) is 12.3 Å². The molecule has 0 bridgehead atoms. The monoisotopic (exact) mass is 450 g/mol. The molecule has 1 aromatic carbocycles. The number of carbonyl (C=O) groups is 2. The molecule has 4 N–H and O–H groups in total. The van der Waals surface area contributed by atoms with Crippen LogP contribution in [-0.4, -0.2) is 38.9 Å². The molecule has 11 heteroatoms. The van der Waals surface area contributed by atoms with E-state index in [1.807, 2.05) is 13.8 Å². The summed E-state index contributed by atoms with van der Waals surface area (Å²) >= 11 is 0. The van der Waals surface area contributed by atoms with Gasteiger partial charge in [-0.2, -0.15) is 4.98 Å². The van der Waals surface area contributed by atoms with E-state index in [1.165, 1.54) is 18.3 Å². The Morgan fingerprint density at radius 1 is 1.18 bits per heavy atom. The molecule has 11 nitrogen and oxygen atoms in total. The Bertz CT molecular complexity index is 1200. The van der Waals surface area contributed by atoms with E-state index in [0.717, 1.165) is 0 Å². The van der Waals surface area contributed by atoms with E-state index in [2.05, 4.69) is 20.4 Å². The second kappa shape index (κ2) is 10.2. The van der Waals surface area contributed by atoms with Crippen LogP contribution in [0.2, 0.25) is 0 Å². The molecule has 0 fully saturated rings. The van der Waals surface area contributed by atoms with Crippen molar-refractivity contribution in [2.24, 2.45) is 5.73 Å². The summed E-state index contributed by atoms with van der Waals surface area (Å²) in [6, 6.07) is 7.90. The number of amides is 2. The van der Waals surface area contributed by atoms with Gasteiger partial charge in [0.1, 0.15) is 28.8 Å². The summed E-state index contributed by atoms with van der Waals surface area (Å²) in [7, 11) is 0. The van der Waals surface area contributed by atoms with Crippen LogP contribution in [0.4, 0.5) is 0 Å². The Hall–Kier alpha value is -4.54. The number of ether oxygens (including phenoxy) is 2. The van der Waals surface area contributed by atoms with Gasteiger partial charge in [0.15, 0.2) is 0 Å². The summed E-state index contributed by atoms with van der Waals surface area (Å²) in [5.74, 6) is -0.420. The molecule has 0 aliphatic rings. The van der Waals surface area contributed by atoms with Gasteiger partial charge in [-0.1, -0.05) is 11.2 Å². The van der Waals surface area contributed by atoms with Gasteiger partial charge in [-0.05, 0) is 51.1 Å². The molecule has 3 aromatic rings.